The number of rotatable bonds is 7. The number of ether oxygens (including phenoxy) is 1. The standard InChI is InChI=1S/C14H26N2OS/c1-6-8-11-12(9-15-14(3,4)5)18-13(16-11)10-17-7-2/h15H,6-10H2,1-5H3. The van der Waals surface area contributed by atoms with E-state index in [4.69, 9.17) is 9.72 Å². The second-order valence-electron chi connectivity index (χ2n) is 5.47. The van der Waals surface area contributed by atoms with Crippen LogP contribution in [0.2, 0.25) is 0 Å². The third kappa shape index (κ3) is 5.46. The molecule has 0 aliphatic carbocycles. The van der Waals surface area contributed by atoms with Crippen LogP contribution in [-0.2, 0) is 24.3 Å². The molecule has 1 N–H and O–H groups in total. The van der Waals surface area contributed by atoms with Gasteiger partial charge in [0.25, 0.3) is 0 Å². The van der Waals surface area contributed by atoms with Gasteiger partial charge in [0.05, 0.1) is 12.3 Å². The van der Waals surface area contributed by atoms with E-state index >= 15 is 0 Å². The zero-order valence-corrected chi connectivity index (χ0v) is 13.1. The Balaban J connectivity index is 2.70. The monoisotopic (exact) mass is 270 g/mol. The van der Waals surface area contributed by atoms with Crippen molar-refractivity contribution < 1.29 is 4.74 Å². The lowest BCUT2D eigenvalue weighted by molar-refractivity contribution is 0.134. The molecule has 0 saturated heterocycles. The minimum atomic E-state index is 0.146. The first-order valence-corrected chi connectivity index (χ1v) is 7.58. The van der Waals surface area contributed by atoms with E-state index in [0.29, 0.717) is 6.61 Å². The second-order valence-corrected chi connectivity index (χ2v) is 6.64. The number of aromatic nitrogens is 1. The van der Waals surface area contributed by atoms with Gasteiger partial charge in [0.15, 0.2) is 0 Å². The molecule has 1 aromatic heterocycles. The predicted molar refractivity (Wildman–Crippen MR) is 78.0 cm³/mol. The molecular weight excluding hydrogens is 244 g/mol. The highest BCUT2D eigenvalue weighted by Crippen LogP contribution is 2.21. The van der Waals surface area contributed by atoms with E-state index in [1.807, 2.05) is 6.92 Å². The zero-order chi connectivity index (χ0) is 13.6. The van der Waals surface area contributed by atoms with Gasteiger partial charge in [0, 0.05) is 23.6 Å². The fraction of sp³-hybridized carbons (Fsp3) is 0.786. The summed E-state index contributed by atoms with van der Waals surface area (Å²) in [4.78, 5) is 6.05. The van der Waals surface area contributed by atoms with Crippen LogP contribution in [0.25, 0.3) is 0 Å². The van der Waals surface area contributed by atoms with Gasteiger partial charge in [-0.25, -0.2) is 4.98 Å². The lowest BCUT2D eigenvalue weighted by Gasteiger charge is -2.20. The predicted octanol–water partition coefficient (Wildman–Crippen LogP) is 3.52. The fourth-order valence-electron chi connectivity index (χ4n) is 1.60. The molecule has 0 saturated carbocycles. The van der Waals surface area contributed by atoms with Crippen LogP contribution in [0.3, 0.4) is 0 Å². The minimum absolute atomic E-state index is 0.146. The van der Waals surface area contributed by atoms with Gasteiger partial charge in [-0.15, -0.1) is 11.3 Å². The molecular formula is C14H26N2OS. The molecule has 1 rings (SSSR count). The largest absolute Gasteiger partial charge is 0.375 e. The molecule has 104 valence electrons. The molecule has 1 aromatic rings. The van der Waals surface area contributed by atoms with Gasteiger partial charge in [-0.05, 0) is 34.1 Å². The van der Waals surface area contributed by atoms with Crippen molar-refractivity contribution in [3.05, 3.63) is 15.6 Å². The van der Waals surface area contributed by atoms with Crippen LogP contribution in [0.4, 0.5) is 0 Å². The summed E-state index contributed by atoms with van der Waals surface area (Å²) in [7, 11) is 0. The molecule has 0 aliphatic heterocycles. The van der Waals surface area contributed by atoms with Gasteiger partial charge < -0.3 is 10.1 Å². The molecule has 0 unspecified atom stereocenters. The van der Waals surface area contributed by atoms with Crippen molar-refractivity contribution in [2.45, 2.75) is 66.2 Å². The van der Waals surface area contributed by atoms with E-state index < -0.39 is 0 Å². The number of nitrogens with one attached hydrogen (secondary N) is 1. The van der Waals surface area contributed by atoms with Gasteiger partial charge >= 0.3 is 0 Å². The van der Waals surface area contributed by atoms with Crippen molar-refractivity contribution in [1.82, 2.24) is 10.3 Å². The number of hydrogen-bond acceptors (Lipinski definition) is 4. The molecule has 0 bridgehead atoms. The summed E-state index contributed by atoms with van der Waals surface area (Å²) in [5.41, 5.74) is 1.39. The van der Waals surface area contributed by atoms with E-state index in [-0.39, 0.29) is 5.54 Å². The average Bonchev–Trinajstić information content (AvgIpc) is 2.66. The molecule has 0 aromatic carbocycles. The van der Waals surface area contributed by atoms with Gasteiger partial charge in [-0.1, -0.05) is 13.3 Å². The lowest BCUT2D eigenvalue weighted by Crippen LogP contribution is -2.35. The molecule has 0 spiro atoms. The lowest BCUT2D eigenvalue weighted by atomic mass is 10.1. The Morgan fingerprint density at radius 3 is 2.56 bits per heavy atom. The Kier molecular flexibility index (Phi) is 6.26. The molecule has 0 radical (unpaired) electrons. The molecule has 1 heterocycles. The maximum Gasteiger partial charge on any atom is 0.119 e. The number of nitrogens with zero attached hydrogens (tertiary/aromatic N) is 1. The third-order valence-electron chi connectivity index (χ3n) is 2.52. The van der Waals surface area contributed by atoms with E-state index in [2.05, 4.69) is 33.0 Å². The van der Waals surface area contributed by atoms with E-state index in [1.54, 1.807) is 11.3 Å². The summed E-state index contributed by atoms with van der Waals surface area (Å²) in [5, 5.41) is 4.64. The Hall–Kier alpha value is -0.450. The molecule has 0 atom stereocenters. The van der Waals surface area contributed by atoms with Crippen molar-refractivity contribution in [2.24, 2.45) is 0 Å². The number of aryl methyl sites for hydroxylation is 1. The summed E-state index contributed by atoms with van der Waals surface area (Å²) >= 11 is 1.78. The van der Waals surface area contributed by atoms with Crippen LogP contribution in [0.15, 0.2) is 0 Å². The fourth-order valence-corrected chi connectivity index (χ4v) is 2.60. The van der Waals surface area contributed by atoms with Gasteiger partial charge in [-0.2, -0.15) is 0 Å². The third-order valence-corrected chi connectivity index (χ3v) is 3.59. The number of hydrogen-bond donors (Lipinski definition) is 1. The normalized spacial score (nSPS) is 12.1. The highest BCUT2D eigenvalue weighted by atomic mass is 32.1. The summed E-state index contributed by atoms with van der Waals surface area (Å²) in [6.07, 6.45) is 2.20. The molecule has 0 amide bonds. The molecule has 18 heavy (non-hydrogen) atoms. The van der Waals surface area contributed by atoms with E-state index in [0.717, 1.165) is 31.0 Å². The smallest absolute Gasteiger partial charge is 0.119 e. The summed E-state index contributed by atoms with van der Waals surface area (Å²) in [6.45, 7) is 13.1. The molecule has 0 fully saturated rings. The van der Waals surface area contributed by atoms with Crippen molar-refractivity contribution in [2.75, 3.05) is 6.61 Å². The van der Waals surface area contributed by atoms with Crippen LogP contribution in [-0.4, -0.2) is 17.1 Å². The van der Waals surface area contributed by atoms with Gasteiger partial charge in [0.2, 0.25) is 0 Å². The van der Waals surface area contributed by atoms with Crippen molar-refractivity contribution in [3.8, 4) is 0 Å². The van der Waals surface area contributed by atoms with Crippen LogP contribution < -0.4 is 5.32 Å². The first-order chi connectivity index (χ1) is 8.46. The second kappa shape index (κ2) is 7.22. The van der Waals surface area contributed by atoms with Crippen LogP contribution in [0.5, 0.6) is 0 Å². The Morgan fingerprint density at radius 2 is 2.00 bits per heavy atom. The Bertz CT molecular complexity index is 355. The summed E-state index contributed by atoms with van der Waals surface area (Å²) < 4.78 is 5.44. The summed E-state index contributed by atoms with van der Waals surface area (Å²) in [6, 6.07) is 0. The highest BCUT2D eigenvalue weighted by molar-refractivity contribution is 7.11. The highest BCUT2D eigenvalue weighted by Gasteiger charge is 2.14. The molecule has 3 nitrogen and oxygen atoms in total. The van der Waals surface area contributed by atoms with Crippen LogP contribution >= 0.6 is 11.3 Å². The Labute approximate surface area is 115 Å². The summed E-state index contributed by atoms with van der Waals surface area (Å²) in [5.74, 6) is 0. The topological polar surface area (TPSA) is 34.1 Å². The average molecular weight is 270 g/mol. The first-order valence-electron chi connectivity index (χ1n) is 6.76. The van der Waals surface area contributed by atoms with Gasteiger partial charge in [0.1, 0.15) is 5.01 Å². The maximum atomic E-state index is 5.44. The maximum absolute atomic E-state index is 5.44. The molecule has 0 aliphatic rings. The Morgan fingerprint density at radius 1 is 1.28 bits per heavy atom. The molecule has 4 heteroatoms. The van der Waals surface area contributed by atoms with Crippen molar-refractivity contribution in [3.63, 3.8) is 0 Å². The minimum Gasteiger partial charge on any atom is -0.375 e. The van der Waals surface area contributed by atoms with E-state index in [9.17, 15) is 0 Å². The quantitative estimate of drug-likeness (QED) is 0.823. The first kappa shape index (κ1) is 15.6. The van der Waals surface area contributed by atoms with Crippen LogP contribution in [0, 0.1) is 0 Å². The van der Waals surface area contributed by atoms with Crippen molar-refractivity contribution in [1.29, 1.82) is 0 Å². The van der Waals surface area contributed by atoms with Crippen molar-refractivity contribution >= 4 is 11.3 Å². The number of thiazole rings is 1. The SMILES string of the molecule is CCCc1nc(COCC)sc1CNC(C)(C)C. The zero-order valence-electron chi connectivity index (χ0n) is 12.3. The van der Waals surface area contributed by atoms with Crippen LogP contribution in [0.1, 0.15) is 56.6 Å². The van der Waals surface area contributed by atoms with Gasteiger partial charge in [-0.3, -0.25) is 0 Å². The van der Waals surface area contributed by atoms with E-state index in [1.165, 1.54) is 10.6 Å².